The Morgan fingerprint density at radius 3 is 3.00 bits per heavy atom. The Hall–Kier alpha value is -1.10. The molecule has 0 radical (unpaired) electrons. The molecule has 1 saturated heterocycles. The number of aromatic nitrogens is 3. The van der Waals surface area contributed by atoms with Gasteiger partial charge in [0.2, 0.25) is 0 Å². The van der Waals surface area contributed by atoms with Gasteiger partial charge in [-0.25, -0.2) is 9.48 Å². The zero-order valence-corrected chi connectivity index (χ0v) is 9.12. The molecule has 0 aliphatic carbocycles. The number of piperidine rings is 1. The van der Waals surface area contributed by atoms with Crippen molar-refractivity contribution in [3.05, 3.63) is 16.3 Å². The monoisotopic (exact) mass is 210 g/mol. The Kier molecular flexibility index (Phi) is 3.20. The van der Waals surface area contributed by atoms with Crippen molar-refractivity contribution in [2.24, 2.45) is 0 Å². The lowest BCUT2D eigenvalue weighted by atomic mass is 10.1. The summed E-state index contributed by atoms with van der Waals surface area (Å²) in [6.07, 6.45) is 4.41. The Morgan fingerprint density at radius 1 is 1.53 bits per heavy atom. The molecule has 84 valence electrons. The van der Waals surface area contributed by atoms with Crippen molar-refractivity contribution in [3.63, 3.8) is 0 Å². The van der Waals surface area contributed by atoms with Crippen molar-refractivity contribution in [2.45, 2.75) is 45.2 Å². The van der Waals surface area contributed by atoms with Crippen LogP contribution in [0.25, 0.3) is 0 Å². The summed E-state index contributed by atoms with van der Waals surface area (Å²) >= 11 is 0. The molecule has 1 aliphatic heterocycles. The third-order valence-electron chi connectivity index (χ3n) is 2.87. The summed E-state index contributed by atoms with van der Waals surface area (Å²) < 4.78 is 1.54. The van der Waals surface area contributed by atoms with Crippen LogP contribution in [-0.4, -0.2) is 27.4 Å². The molecule has 1 aliphatic rings. The SMILES string of the molecule is CCc1nn(CC2CCCCN2)c(=O)[nH]1. The van der Waals surface area contributed by atoms with Gasteiger partial charge in [0.25, 0.3) is 0 Å². The number of hydrogen-bond acceptors (Lipinski definition) is 3. The van der Waals surface area contributed by atoms with E-state index in [0.29, 0.717) is 12.6 Å². The maximum Gasteiger partial charge on any atom is 0.343 e. The van der Waals surface area contributed by atoms with Gasteiger partial charge in [-0.05, 0) is 19.4 Å². The van der Waals surface area contributed by atoms with Crippen molar-refractivity contribution < 1.29 is 0 Å². The summed E-state index contributed by atoms with van der Waals surface area (Å²) in [5, 5.41) is 7.64. The van der Waals surface area contributed by atoms with E-state index >= 15 is 0 Å². The summed E-state index contributed by atoms with van der Waals surface area (Å²) in [5.41, 5.74) is -0.0841. The third kappa shape index (κ3) is 2.47. The van der Waals surface area contributed by atoms with E-state index in [1.807, 2.05) is 6.92 Å². The molecule has 5 heteroatoms. The molecular formula is C10H18N4O. The molecule has 1 fully saturated rings. The molecule has 0 aromatic carbocycles. The van der Waals surface area contributed by atoms with Crippen LogP contribution in [0.5, 0.6) is 0 Å². The maximum atomic E-state index is 11.5. The molecule has 2 heterocycles. The molecular weight excluding hydrogens is 192 g/mol. The third-order valence-corrected chi connectivity index (χ3v) is 2.87. The van der Waals surface area contributed by atoms with Gasteiger partial charge in [-0.15, -0.1) is 0 Å². The van der Waals surface area contributed by atoms with Crippen molar-refractivity contribution in [3.8, 4) is 0 Å². The molecule has 1 aromatic heterocycles. The van der Waals surface area contributed by atoms with E-state index in [1.165, 1.54) is 12.8 Å². The van der Waals surface area contributed by atoms with Crippen molar-refractivity contribution in [2.75, 3.05) is 6.54 Å². The fourth-order valence-electron chi connectivity index (χ4n) is 1.98. The summed E-state index contributed by atoms with van der Waals surface area (Å²) in [4.78, 5) is 14.2. The Morgan fingerprint density at radius 2 is 2.40 bits per heavy atom. The van der Waals surface area contributed by atoms with Crippen LogP contribution in [0, 0.1) is 0 Å². The van der Waals surface area contributed by atoms with E-state index in [4.69, 9.17) is 0 Å². The molecule has 2 N–H and O–H groups in total. The highest BCUT2D eigenvalue weighted by Gasteiger charge is 2.15. The number of aryl methyl sites for hydroxylation is 1. The molecule has 1 atom stereocenters. The first kappa shape index (κ1) is 10.4. The van der Waals surface area contributed by atoms with E-state index in [-0.39, 0.29) is 5.69 Å². The van der Waals surface area contributed by atoms with E-state index in [9.17, 15) is 4.79 Å². The van der Waals surface area contributed by atoms with Gasteiger partial charge in [-0.1, -0.05) is 13.3 Å². The lowest BCUT2D eigenvalue weighted by Gasteiger charge is -2.22. The van der Waals surface area contributed by atoms with Gasteiger partial charge in [0.05, 0.1) is 6.54 Å². The second-order valence-corrected chi connectivity index (χ2v) is 4.06. The largest absolute Gasteiger partial charge is 0.343 e. The summed E-state index contributed by atoms with van der Waals surface area (Å²) in [6, 6.07) is 0.407. The predicted octanol–water partition coefficient (Wildman–Crippen LogP) is 0.276. The van der Waals surface area contributed by atoms with Crippen molar-refractivity contribution in [1.82, 2.24) is 20.1 Å². The van der Waals surface area contributed by atoms with Gasteiger partial charge in [0.15, 0.2) is 0 Å². The fourth-order valence-corrected chi connectivity index (χ4v) is 1.98. The average Bonchev–Trinajstić information content (AvgIpc) is 2.61. The summed E-state index contributed by atoms with van der Waals surface area (Å²) in [5.74, 6) is 0.774. The Balaban J connectivity index is 2.02. The van der Waals surface area contributed by atoms with Crippen LogP contribution < -0.4 is 11.0 Å². The second kappa shape index (κ2) is 4.61. The highest BCUT2D eigenvalue weighted by atomic mass is 16.1. The molecule has 0 spiro atoms. The van der Waals surface area contributed by atoms with E-state index < -0.39 is 0 Å². The minimum atomic E-state index is -0.0841. The topological polar surface area (TPSA) is 62.7 Å². The number of nitrogens with one attached hydrogen (secondary N) is 2. The van der Waals surface area contributed by atoms with Crippen molar-refractivity contribution in [1.29, 1.82) is 0 Å². The summed E-state index contributed by atoms with van der Waals surface area (Å²) in [7, 11) is 0. The fraction of sp³-hybridized carbons (Fsp3) is 0.800. The van der Waals surface area contributed by atoms with Gasteiger partial charge in [0.1, 0.15) is 5.82 Å². The zero-order chi connectivity index (χ0) is 10.7. The quantitative estimate of drug-likeness (QED) is 0.753. The van der Waals surface area contributed by atoms with E-state index in [1.54, 1.807) is 4.68 Å². The minimum absolute atomic E-state index is 0.0841. The van der Waals surface area contributed by atoms with Crippen LogP contribution >= 0.6 is 0 Å². The van der Waals surface area contributed by atoms with Gasteiger partial charge < -0.3 is 5.32 Å². The lowest BCUT2D eigenvalue weighted by Crippen LogP contribution is -2.39. The second-order valence-electron chi connectivity index (χ2n) is 4.06. The van der Waals surface area contributed by atoms with Gasteiger partial charge in [-0.2, -0.15) is 5.10 Å². The number of hydrogen-bond donors (Lipinski definition) is 2. The Bertz CT molecular complexity index is 362. The maximum absolute atomic E-state index is 11.5. The first-order valence-electron chi connectivity index (χ1n) is 5.69. The van der Waals surface area contributed by atoms with E-state index in [0.717, 1.165) is 25.2 Å². The van der Waals surface area contributed by atoms with Crippen molar-refractivity contribution >= 4 is 0 Å². The number of H-pyrrole nitrogens is 1. The highest BCUT2D eigenvalue weighted by molar-refractivity contribution is 4.82. The van der Waals surface area contributed by atoms with Crippen LogP contribution in [-0.2, 0) is 13.0 Å². The van der Waals surface area contributed by atoms with Gasteiger partial charge in [-0.3, -0.25) is 4.98 Å². The Labute approximate surface area is 88.9 Å². The lowest BCUT2D eigenvalue weighted by molar-refractivity contribution is 0.346. The van der Waals surface area contributed by atoms with Crippen LogP contribution in [0.15, 0.2) is 4.79 Å². The smallest absolute Gasteiger partial charge is 0.312 e. The molecule has 1 unspecified atom stereocenters. The first-order chi connectivity index (χ1) is 7.29. The number of rotatable bonds is 3. The predicted molar refractivity (Wildman–Crippen MR) is 57.9 cm³/mol. The number of nitrogens with zero attached hydrogens (tertiary/aromatic N) is 2. The minimum Gasteiger partial charge on any atom is -0.312 e. The highest BCUT2D eigenvalue weighted by Crippen LogP contribution is 2.07. The van der Waals surface area contributed by atoms with E-state index in [2.05, 4.69) is 15.4 Å². The molecule has 0 saturated carbocycles. The number of aromatic amines is 1. The molecule has 15 heavy (non-hydrogen) atoms. The summed E-state index contributed by atoms with van der Waals surface area (Å²) in [6.45, 7) is 3.74. The normalized spacial score (nSPS) is 21.8. The standard InChI is InChI=1S/C10H18N4O/c1-2-9-12-10(15)14(13-9)7-8-5-3-4-6-11-8/h8,11H,2-7H2,1H3,(H,12,13,15). The van der Waals surface area contributed by atoms with Crippen LogP contribution in [0.1, 0.15) is 32.0 Å². The molecule has 0 bridgehead atoms. The molecule has 5 nitrogen and oxygen atoms in total. The molecule has 1 aromatic rings. The average molecular weight is 210 g/mol. The van der Waals surface area contributed by atoms with Gasteiger partial charge in [0, 0.05) is 12.5 Å². The van der Waals surface area contributed by atoms with Crippen LogP contribution in [0.2, 0.25) is 0 Å². The van der Waals surface area contributed by atoms with Crippen LogP contribution in [0.3, 0.4) is 0 Å². The molecule has 2 rings (SSSR count). The first-order valence-corrected chi connectivity index (χ1v) is 5.69. The zero-order valence-electron chi connectivity index (χ0n) is 9.12. The molecule has 0 amide bonds. The van der Waals surface area contributed by atoms with Crippen LogP contribution in [0.4, 0.5) is 0 Å². The van der Waals surface area contributed by atoms with Gasteiger partial charge >= 0.3 is 5.69 Å².